The van der Waals surface area contributed by atoms with Crippen molar-refractivity contribution in [2.45, 2.75) is 31.1 Å². The molecule has 0 aliphatic carbocycles. The van der Waals surface area contributed by atoms with Crippen LogP contribution in [0.25, 0.3) is 0 Å². The SMILES string of the molecule is COC(=O)CCCNC(=O)CCSc1ccc(C)cc1. The zero-order chi connectivity index (χ0) is 14.8. The summed E-state index contributed by atoms with van der Waals surface area (Å²) in [7, 11) is 1.36. The number of rotatable bonds is 8. The van der Waals surface area contributed by atoms with E-state index >= 15 is 0 Å². The van der Waals surface area contributed by atoms with Crippen LogP contribution in [0.2, 0.25) is 0 Å². The van der Waals surface area contributed by atoms with Gasteiger partial charge in [-0.05, 0) is 25.5 Å². The molecule has 4 nitrogen and oxygen atoms in total. The lowest BCUT2D eigenvalue weighted by molar-refractivity contribution is -0.140. The van der Waals surface area contributed by atoms with Crippen LogP contribution in [0.3, 0.4) is 0 Å². The average Bonchev–Trinajstić information content (AvgIpc) is 2.45. The number of amides is 1. The molecule has 1 amide bonds. The zero-order valence-electron chi connectivity index (χ0n) is 12.0. The van der Waals surface area contributed by atoms with E-state index in [1.54, 1.807) is 11.8 Å². The third-order valence-electron chi connectivity index (χ3n) is 2.73. The Kier molecular flexibility index (Phi) is 7.80. The first-order valence-electron chi connectivity index (χ1n) is 6.65. The van der Waals surface area contributed by atoms with Crippen LogP contribution in [-0.4, -0.2) is 31.3 Å². The minimum absolute atomic E-state index is 0.0227. The van der Waals surface area contributed by atoms with Crippen molar-refractivity contribution in [3.63, 3.8) is 0 Å². The van der Waals surface area contributed by atoms with E-state index in [0.717, 1.165) is 5.75 Å². The van der Waals surface area contributed by atoms with Crippen molar-refractivity contribution in [2.24, 2.45) is 0 Å². The summed E-state index contributed by atoms with van der Waals surface area (Å²) in [6.07, 6.45) is 1.44. The molecule has 0 atom stereocenters. The van der Waals surface area contributed by atoms with Crippen molar-refractivity contribution in [1.82, 2.24) is 5.32 Å². The van der Waals surface area contributed by atoms with Crippen LogP contribution in [0.4, 0.5) is 0 Å². The van der Waals surface area contributed by atoms with Crippen LogP contribution in [0, 0.1) is 6.92 Å². The lowest BCUT2D eigenvalue weighted by atomic mass is 10.2. The maximum atomic E-state index is 11.6. The highest BCUT2D eigenvalue weighted by atomic mass is 32.2. The number of thioether (sulfide) groups is 1. The molecule has 0 aliphatic rings. The molecule has 1 aromatic carbocycles. The Balaban J connectivity index is 2.08. The fourth-order valence-corrected chi connectivity index (χ4v) is 2.40. The zero-order valence-corrected chi connectivity index (χ0v) is 12.8. The van der Waals surface area contributed by atoms with Gasteiger partial charge in [-0.2, -0.15) is 0 Å². The molecule has 0 radical (unpaired) electrons. The summed E-state index contributed by atoms with van der Waals surface area (Å²) in [5.41, 5.74) is 1.23. The third kappa shape index (κ3) is 7.19. The van der Waals surface area contributed by atoms with Crippen LogP contribution >= 0.6 is 11.8 Å². The van der Waals surface area contributed by atoms with E-state index in [2.05, 4.69) is 41.2 Å². The highest BCUT2D eigenvalue weighted by Gasteiger charge is 2.03. The molecule has 0 heterocycles. The van der Waals surface area contributed by atoms with E-state index in [0.29, 0.717) is 25.8 Å². The molecule has 0 bridgehead atoms. The number of aryl methyl sites for hydroxylation is 1. The number of methoxy groups -OCH3 is 1. The predicted molar refractivity (Wildman–Crippen MR) is 80.8 cm³/mol. The summed E-state index contributed by atoms with van der Waals surface area (Å²) in [6, 6.07) is 8.26. The largest absolute Gasteiger partial charge is 0.469 e. The molecule has 1 aromatic rings. The number of benzene rings is 1. The van der Waals surface area contributed by atoms with E-state index in [-0.39, 0.29) is 11.9 Å². The molecule has 1 N–H and O–H groups in total. The lowest BCUT2D eigenvalue weighted by Crippen LogP contribution is -2.25. The Morgan fingerprint density at radius 2 is 1.90 bits per heavy atom. The molecule has 1 rings (SSSR count). The molecule has 0 saturated carbocycles. The van der Waals surface area contributed by atoms with Crippen LogP contribution in [0.5, 0.6) is 0 Å². The number of hydrogen-bond donors (Lipinski definition) is 1. The van der Waals surface area contributed by atoms with Gasteiger partial charge in [-0.15, -0.1) is 11.8 Å². The number of ether oxygens (including phenoxy) is 1. The van der Waals surface area contributed by atoms with Crippen molar-refractivity contribution < 1.29 is 14.3 Å². The second-order valence-electron chi connectivity index (χ2n) is 4.44. The van der Waals surface area contributed by atoms with Gasteiger partial charge in [0.15, 0.2) is 0 Å². The second kappa shape index (κ2) is 9.42. The van der Waals surface area contributed by atoms with Crippen molar-refractivity contribution in [2.75, 3.05) is 19.4 Å². The number of hydrogen-bond acceptors (Lipinski definition) is 4. The van der Waals surface area contributed by atoms with E-state index in [1.807, 2.05) is 0 Å². The molecule has 0 saturated heterocycles. The second-order valence-corrected chi connectivity index (χ2v) is 5.61. The first-order valence-corrected chi connectivity index (χ1v) is 7.63. The maximum Gasteiger partial charge on any atom is 0.305 e. The molecular weight excluding hydrogens is 274 g/mol. The molecular formula is C15H21NO3S. The smallest absolute Gasteiger partial charge is 0.305 e. The third-order valence-corrected chi connectivity index (χ3v) is 3.74. The summed E-state index contributed by atoms with van der Waals surface area (Å²) in [6.45, 7) is 2.57. The van der Waals surface area contributed by atoms with Crippen LogP contribution in [0.1, 0.15) is 24.8 Å². The van der Waals surface area contributed by atoms with Gasteiger partial charge >= 0.3 is 5.97 Å². The van der Waals surface area contributed by atoms with Gasteiger partial charge in [0.25, 0.3) is 0 Å². The topological polar surface area (TPSA) is 55.4 Å². The maximum absolute atomic E-state index is 11.6. The van der Waals surface area contributed by atoms with Gasteiger partial charge in [0.2, 0.25) is 5.91 Å². The van der Waals surface area contributed by atoms with Gasteiger partial charge in [-0.25, -0.2) is 0 Å². The van der Waals surface area contributed by atoms with Gasteiger partial charge in [-0.3, -0.25) is 9.59 Å². The summed E-state index contributed by atoms with van der Waals surface area (Å²) >= 11 is 1.67. The van der Waals surface area contributed by atoms with Crippen molar-refractivity contribution in [3.8, 4) is 0 Å². The van der Waals surface area contributed by atoms with Gasteiger partial charge in [0, 0.05) is 30.0 Å². The Bertz CT molecular complexity index is 431. The van der Waals surface area contributed by atoms with E-state index < -0.39 is 0 Å². The van der Waals surface area contributed by atoms with Crippen LogP contribution < -0.4 is 5.32 Å². The molecule has 5 heteroatoms. The van der Waals surface area contributed by atoms with E-state index in [4.69, 9.17) is 0 Å². The lowest BCUT2D eigenvalue weighted by Gasteiger charge is -2.05. The molecule has 0 aliphatic heterocycles. The highest BCUT2D eigenvalue weighted by molar-refractivity contribution is 7.99. The molecule has 0 spiro atoms. The van der Waals surface area contributed by atoms with Gasteiger partial charge in [0.05, 0.1) is 7.11 Å². The first kappa shape index (κ1) is 16.6. The summed E-state index contributed by atoms with van der Waals surface area (Å²) in [5.74, 6) is 0.537. The van der Waals surface area contributed by atoms with Crippen LogP contribution in [-0.2, 0) is 14.3 Å². The molecule has 110 valence electrons. The minimum Gasteiger partial charge on any atom is -0.469 e. The number of nitrogens with one attached hydrogen (secondary N) is 1. The molecule has 0 fully saturated rings. The number of esters is 1. The summed E-state index contributed by atoms with van der Waals surface area (Å²) < 4.78 is 4.52. The van der Waals surface area contributed by atoms with Crippen molar-refractivity contribution in [1.29, 1.82) is 0 Å². The number of carbonyl (C=O) groups is 2. The standard InChI is InChI=1S/C15H21NO3S/c1-12-5-7-13(8-6-12)20-11-9-14(17)16-10-3-4-15(18)19-2/h5-8H,3-4,9-11H2,1-2H3,(H,16,17). The quantitative estimate of drug-likeness (QED) is 0.455. The monoisotopic (exact) mass is 295 g/mol. The van der Waals surface area contributed by atoms with E-state index in [1.165, 1.54) is 17.6 Å². The summed E-state index contributed by atoms with van der Waals surface area (Å²) in [4.78, 5) is 23.6. The first-order chi connectivity index (χ1) is 9.61. The van der Waals surface area contributed by atoms with E-state index in [9.17, 15) is 9.59 Å². The normalized spacial score (nSPS) is 10.1. The predicted octanol–water partition coefficient (Wildman–Crippen LogP) is 2.55. The van der Waals surface area contributed by atoms with Gasteiger partial charge < -0.3 is 10.1 Å². The van der Waals surface area contributed by atoms with Crippen molar-refractivity contribution in [3.05, 3.63) is 29.8 Å². The molecule has 0 unspecified atom stereocenters. The van der Waals surface area contributed by atoms with Gasteiger partial charge in [0.1, 0.15) is 0 Å². The summed E-state index contributed by atoms with van der Waals surface area (Å²) in [5, 5.41) is 2.80. The average molecular weight is 295 g/mol. The Labute approximate surface area is 124 Å². The minimum atomic E-state index is -0.242. The fraction of sp³-hybridized carbons (Fsp3) is 0.467. The van der Waals surface area contributed by atoms with Crippen LogP contribution in [0.15, 0.2) is 29.2 Å². The van der Waals surface area contributed by atoms with Gasteiger partial charge in [-0.1, -0.05) is 17.7 Å². The number of carbonyl (C=O) groups excluding carboxylic acids is 2. The Morgan fingerprint density at radius 3 is 2.55 bits per heavy atom. The highest BCUT2D eigenvalue weighted by Crippen LogP contribution is 2.18. The molecule has 20 heavy (non-hydrogen) atoms. The Hall–Kier alpha value is -1.49. The fourth-order valence-electron chi connectivity index (χ4n) is 1.55. The van der Waals surface area contributed by atoms with Crippen molar-refractivity contribution >= 4 is 23.6 Å². The molecule has 0 aromatic heterocycles. The Morgan fingerprint density at radius 1 is 1.20 bits per heavy atom.